The molecule has 0 saturated heterocycles. The Morgan fingerprint density at radius 2 is 2.05 bits per heavy atom. The number of rotatable bonds is 7. The molecule has 0 aliphatic rings. The highest BCUT2D eigenvalue weighted by Crippen LogP contribution is 2.17. The van der Waals surface area contributed by atoms with Gasteiger partial charge in [0, 0.05) is 19.4 Å². The highest BCUT2D eigenvalue weighted by molar-refractivity contribution is 5.14. The van der Waals surface area contributed by atoms with Crippen LogP contribution < -0.4 is 5.32 Å². The van der Waals surface area contributed by atoms with Gasteiger partial charge in [-0.25, -0.2) is 4.98 Å². The van der Waals surface area contributed by atoms with E-state index in [1.807, 2.05) is 12.4 Å². The van der Waals surface area contributed by atoms with Gasteiger partial charge in [-0.05, 0) is 31.4 Å². The van der Waals surface area contributed by atoms with Crippen molar-refractivity contribution in [3.8, 4) is 0 Å². The standard InChI is InChI=1S/C16H23N3/c1-3-17-15(16-18-12-13-19(16)2)11-7-10-14-8-5-4-6-9-14/h4-6,8-9,12-13,15,17H,3,7,10-11H2,1-2H3. The van der Waals surface area contributed by atoms with E-state index in [0.717, 1.165) is 25.2 Å². The molecule has 1 aromatic heterocycles. The largest absolute Gasteiger partial charge is 0.337 e. The van der Waals surface area contributed by atoms with E-state index in [4.69, 9.17) is 0 Å². The van der Waals surface area contributed by atoms with Crippen LogP contribution in [-0.4, -0.2) is 16.1 Å². The van der Waals surface area contributed by atoms with Crippen LogP contribution in [0.5, 0.6) is 0 Å². The van der Waals surface area contributed by atoms with Crippen LogP contribution in [0.2, 0.25) is 0 Å². The van der Waals surface area contributed by atoms with Crippen LogP contribution in [-0.2, 0) is 13.5 Å². The van der Waals surface area contributed by atoms with Crippen molar-refractivity contribution in [3.05, 3.63) is 54.1 Å². The number of nitrogens with zero attached hydrogens (tertiary/aromatic N) is 2. The lowest BCUT2D eigenvalue weighted by Crippen LogP contribution is -2.23. The molecule has 0 aliphatic heterocycles. The first kappa shape index (κ1) is 13.8. The van der Waals surface area contributed by atoms with Crippen LogP contribution in [0, 0.1) is 0 Å². The van der Waals surface area contributed by atoms with Crippen molar-refractivity contribution >= 4 is 0 Å². The van der Waals surface area contributed by atoms with Gasteiger partial charge < -0.3 is 9.88 Å². The summed E-state index contributed by atoms with van der Waals surface area (Å²) in [4.78, 5) is 4.46. The Morgan fingerprint density at radius 1 is 1.26 bits per heavy atom. The number of aryl methyl sites for hydroxylation is 2. The molecule has 1 heterocycles. The van der Waals surface area contributed by atoms with Gasteiger partial charge in [-0.1, -0.05) is 37.3 Å². The van der Waals surface area contributed by atoms with Gasteiger partial charge in [0.2, 0.25) is 0 Å². The van der Waals surface area contributed by atoms with Gasteiger partial charge in [0.15, 0.2) is 0 Å². The summed E-state index contributed by atoms with van der Waals surface area (Å²) in [5.74, 6) is 1.13. The van der Waals surface area contributed by atoms with Crippen molar-refractivity contribution in [1.82, 2.24) is 14.9 Å². The van der Waals surface area contributed by atoms with E-state index in [2.05, 4.69) is 59.2 Å². The van der Waals surface area contributed by atoms with Crippen LogP contribution in [0.15, 0.2) is 42.7 Å². The molecule has 0 spiro atoms. The average Bonchev–Trinajstić information content (AvgIpc) is 2.85. The molecule has 0 amide bonds. The first-order valence-corrected chi connectivity index (χ1v) is 7.05. The Labute approximate surface area is 115 Å². The van der Waals surface area contributed by atoms with Crippen LogP contribution in [0.4, 0.5) is 0 Å². The van der Waals surface area contributed by atoms with Gasteiger partial charge >= 0.3 is 0 Å². The number of imidazole rings is 1. The summed E-state index contributed by atoms with van der Waals surface area (Å²) < 4.78 is 2.11. The van der Waals surface area contributed by atoms with E-state index in [1.165, 1.54) is 12.0 Å². The molecule has 19 heavy (non-hydrogen) atoms. The molecule has 1 atom stereocenters. The molecule has 0 fully saturated rings. The van der Waals surface area contributed by atoms with Crippen molar-refractivity contribution in [2.75, 3.05) is 6.54 Å². The first-order chi connectivity index (χ1) is 9.31. The Balaban J connectivity index is 1.89. The van der Waals surface area contributed by atoms with Gasteiger partial charge in [0.1, 0.15) is 5.82 Å². The lowest BCUT2D eigenvalue weighted by Gasteiger charge is -2.17. The van der Waals surface area contributed by atoms with E-state index in [0.29, 0.717) is 6.04 Å². The smallest absolute Gasteiger partial charge is 0.125 e. The zero-order chi connectivity index (χ0) is 13.5. The summed E-state index contributed by atoms with van der Waals surface area (Å²) in [6, 6.07) is 11.0. The zero-order valence-corrected chi connectivity index (χ0v) is 11.8. The fourth-order valence-electron chi connectivity index (χ4n) is 2.44. The van der Waals surface area contributed by atoms with Crippen molar-refractivity contribution in [2.24, 2.45) is 7.05 Å². The molecule has 1 N–H and O–H groups in total. The van der Waals surface area contributed by atoms with Crippen LogP contribution in [0.1, 0.15) is 37.2 Å². The highest BCUT2D eigenvalue weighted by atomic mass is 15.1. The fraction of sp³-hybridized carbons (Fsp3) is 0.438. The second-order valence-electron chi connectivity index (χ2n) is 4.88. The number of hydrogen-bond donors (Lipinski definition) is 1. The lowest BCUT2D eigenvalue weighted by molar-refractivity contribution is 0.464. The molecule has 1 unspecified atom stereocenters. The molecule has 0 aliphatic carbocycles. The molecule has 0 bridgehead atoms. The molecule has 102 valence electrons. The topological polar surface area (TPSA) is 29.9 Å². The van der Waals surface area contributed by atoms with Crippen molar-refractivity contribution in [3.63, 3.8) is 0 Å². The maximum absolute atomic E-state index is 4.46. The normalized spacial score (nSPS) is 12.5. The molecule has 1 aromatic carbocycles. The average molecular weight is 257 g/mol. The van der Waals surface area contributed by atoms with Gasteiger partial charge in [0.05, 0.1) is 6.04 Å². The van der Waals surface area contributed by atoms with Crippen molar-refractivity contribution < 1.29 is 0 Å². The van der Waals surface area contributed by atoms with E-state index in [-0.39, 0.29) is 0 Å². The minimum Gasteiger partial charge on any atom is -0.337 e. The quantitative estimate of drug-likeness (QED) is 0.826. The third kappa shape index (κ3) is 3.93. The third-order valence-electron chi connectivity index (χ3n) is 3.42. The summed E-state index contributed by atoms with van der Waals surface area (Å²) in [6.07, 6.45) is 7.31. The fourth-order valence-corrected chi connectivity index (χ4v) is 2.44. The molecule has 0 radical (unpaired) electrons. The zero-order valence-electron chi connectivity index (χ0n) is 11.8. The van der Waals surface area contributed by atoms with Gasteiger partial charge in [-0.3, -0.25) is 0 Å². The van der Waals surface area contributed by atoms with E-state index < -0.39 is 0 Å². The predicted molar refractivity (Wildman–Crippen MR) is 79.0 cm³/mol. The van der Waals surface area contributed by atoms with E-state index >= 15 is 0 Å². The van der Waals surface area contributed by atoms with E-state index in [1.54, 1.807) is 0 Å². The Hall–Kier alpha value is -1.61. The van der Waals surface area contributed by atoms with Crippen LogP contribution in [0.3, 0.4) is 0 Å². The Kier molecular flexibility index (Phi) is 5.16. The SMILES string of the molecule is CCNC(CCCc1ccccc1)c1nccn1C. The molecule has 2 aromatic rings. The van der Waals surface area contributed by atoms with Crippen molar-refractivity contribution in [1.29, 1.82) is 0 Å². The molecule has 3 heteroatoms. The number of hydrogen-bond acceptors (Lipinski definition) is 2. The maximum Gasteiger partial charge on any atom is 0.125 e. The molecule has 3 nitrogen and oxygen atoms in total. The summed E-state index contributed by atoms with van der Waals surface area (Å²) in [7, 11) is 2.06. The molecular weight excluding hydrogens is 234 g/mol. The van der Waals surface area contributed by atoms with Crippen LogP contribution >= 0.6 is 0 Å². The van der Waals surface area contributed by atoms with Crippen molar-refractivity contribution in [2.45, 2.75) is 32.2 Å². The van der Waals surface area contributed by atoms with Gasteiger partial charge in [0.25, 0.3) is 0 Å². The Morgan fingerprint density at radius 3 is 2.68 bits per heavy atom. The van der Waals surface area contributed by atoms with Gasteiger partial charge in [-0.15, -0.1) is 0 Å². The van der Waals surface area contributed by atoms with E-state index in [9.17, 15) is 0 Å². The minimum atomic E-state index is 0.355. The highest BCUT2D eigenvalue weighted by Gasteiger charge is 2.14. The number of benzene rings is 1. The Bertz CT molecular complexity index is 476. The maximum atomic E-state index is 4.46. The summed E-state index contributed by atoms with van der Waals surface area (Å²) in [5.41, 5.74) is 1.41. The monoisotopic (exact) mass is 257 g/mol. The van der Waals surface area contributed by atoms with Gasteiger partial charge in [-0.2, -0.15) is 0 Å². The molecule has 2 rings (SSSR count). The second kappa shape index (κ2) is 7.10. The minimum absolute atomic E-state index is 0.355. The van der Waals surface area contributed by atoms with Crippen LogP contribution in [0.25, 0.3) is 0 Å². The lowest BCUT2D eigenvalue weighted by atomic mass is 10.0. The summed E-state index contributed by atoms with van der Waals surface area (Å²) >= 11 is 0. The summed E-state index contributed by atoms with van der Waals surface area (Å²) in [6.45, 7) is 3.12. The second-order valence-corrected chi connectivity index (χ2v) is 4.88. The molecular formula is C16H23N3. The predicted octanol–water partition coefficient (Wildman–Crippen LogP) is 3.09. The molecule has 0 saturated carbocycles. The first-order valence-electron chi connectivity index (χ1n) is 7.05. The summed E-state index contributed by atoms with van der Waals surface area (Å²) in [5, 5.41) is 3.53. The third-order valence-corrected chi connectivity index (χ3v) is 3.42. The number of nitrogens with one attached hydrogen (secondary N) is 1. The number of aromatic nitrogens is 2.